The highest BCUT2D eigenvalue weighted by Crippen LogP contribution is 2.37. The number of rotatable bonds is 5. The van der Waals surface area contributed by atoms with E-state index in [1.165, 1.54) is 4.90 Å². The molecule has 3 rings (SSSR count). The summed E-state index contributed by atoms with van der Waals surface area (Å²) in [5, 5.41) is 30.7. The normalized spacial score (nSPS) is 23.5. The van der Waals surface area contributed by atoms with Crippen molar-refractivity contribution in [2.45, 2.75) is 39.2 Å². The Balaban J connectivity index is 1.85. The van der Waals surface area contributed by atoms with Gasteiger partial charge in [-0.25, -0.2) is 0 Å². The highest BCUT2D eigenvalue weighted by molar-refractivity contribution is 5.97. The number of benzene rings is 1. The van der Waals surface area contributed by atoms with Gasteiger partial charge in [0.1, 0.15) is 16.4 Å². The number of carboxylic acids is 1. The lowest BCUT2D eigenvalue weighted by Gasteiger charge is -2.43. The van der Waals surface area contributed by atoms with E-state index in [0.29, 0.717) is 41.9 Å². The first-order chi connectivity index (χ1) is 12.3. The van der Waals surface area contributed by atoms with Crippen molar-refractivity contribution in [3.63, 3.8) is 0 Å². The molecule has 1 fully saturated rings. The van der Waals surface area contributed by atoms with Crippen LogP contribution in [0.3, 0.4) is 0 Å². The quantitative estimate of drug-likeness (QED) is 0.746. The van der Waals surface area contributed by atoms with Crippen LogP contribution < -0.4 is 0 Å². The van der Waals surface area contributed by atoms with Crippen molar-refractivity contribution in [2.24, 2.45) is 11.3 Å². The van der Waals surface area contributed by atoms with Crippen LogP contribution in [-0.4, -0.2) is 61.6 Å². The van der Waals surface area contributed by atoms with Crippen molar-refractivity contribution in [3.05, 3.63) is 23.8 Å². The average molecular weight is 360 g/mol. The first-order valence-corrected chi connectivity index (χ1v) is 8.85. The molecule has 8 nitrogen and oxygen atoms in total. The topological polar surface area (TPSA) is 119 Å². The second kappa shape index (κ2) is 7.03. The Kier molecular flexibility index (Phi) is 4.95. The Labute approximate surface area is 151 Å². The molecular formula is C18H24N4O4. The van der Waals surface area contributed by atoms with Gasteiger partial charge in [-0.05, 0) is 43.4 Å². The number of aromatic amines is 1. The van der Waals surface area contributed by atoms with Gasteiger partial charge in [0.2, 0.25) is 0 Å². The summed E-state index contributed by atoms with van der Waals surface area (Å²) in [6.45, 7) is 4.36. The first-order valence-electron chi connectivity index (χ1n) is 8.85. The molecule has 1 aromatic heterocycles. The van der Waals surface area contributed by atoms with Gasteiger partial charge in [-0.1, -0.05) is 13.8 Å². The number of aliphatic hydroxyl groups is 1. The van der Waals surface area contributed by atoms with Gasteiger partial charge in [0, 0.05) is 18.7 Å². The van der Waals surface area contributed by atoms with Crippen molar-refractivity contribution < 1.29 is 19.8 Å². The number of aliphatic hydroxyl groups excluding tert-OH is 1. The maximum atomic E-state index is 12.9. The smallest absolute Gasteiger partial charge is 0.314 e. The van der Waals surface area contributed by atoms with E-state index in [2.05, 4.69) is 15.4 Å². The minimum absolute atomic E-state index is 0.00586. The summed E-state index contributed by atoms with van der Waals surface area (Å²) in [6, 6.07) is 5.01. The van der Waals surface area contributed by atoms with Crippen molar-refractivity contribution in [1.29, 1.82) is 0 Å². The number of hydrogen-bond donors (Lipinski definition) is 3. The Hall–Kier alpha value is -2.48. The minimum atomic E-state index is -1.32. The number of piperidine rings is 1. The number of amides is 1. The average Bonchev–Trinajstić information content (AvgIpc) is 3.08. The third-order valence-corrected chi connectivity index (χ3v) is 5.23. The van der Waals surface area contributed by atoms with E-state index in [0.717, 1.165) is 0 Å². The zero-order chi connectivity index (χ0) is 18.9. The van der Waals surface area contributed by atoms with Gasteiger partial charge in [-0.3, -0.25) is 9.59 Å². The number of aliphatic carboxylic acids is 1. The van der Waals surface area contributed by atoms with Gasteiger partial charge in [-0.2, -0.15) is 15.4 Å². The fraction of sp³-hybridized carbons (Fsp3) is 0.556. The van der Waals surface area contributed by atoms with Crippen molar-refractivity contribution in [1.82, 2.24) is 20.3 Å². The summed E-state index contributed by atoms with van der Waals surface area (Å²) < 4.78 is 0. The van der Waals surface area contributed by atoms with Gasteiger partial charge in [0.05, 0.1) is 6.10 Å². The Morgan fingerprint density at radius 2 is 2.08 bits per heavy atom. The molecule has 0 saturated carbocycles. The molecule has 0 aliphatic carbocycles. The van der Waals surface area contributed by atoms with Gasteiger partial charge >= 0.3 is 5.97 Å². The molecule has 0 bridgehead atoms. The summed E-state index contributed by atoms with van der Waals surface area (Å²) >= 11 is 0. The standard InChI is InChI=1S/C18H24N4O4/c1-11(2)5-7-18(17(25)26)10-22(8-6-15(18)23)16(24)12-3-4-13-14(9-12)20-21-19-13/h3-4,9,11,15,23H,5-8,10H2,1-2H3,(H,25,26)(H,19,20,21)/t15-,18-/m1/s1. The van der Waals surface area contributed by atoms with E-state index in [1.54, 1.807) is 18.2 Å². The van der Waals surface area contributed by atoms with E-state index >= 15 is 0 Å². The van der Waals surface area contributed by atoms with Crippen LogP contribution in [0.4, 0.5) is 0 Å². The number of carbonyl (C=O) groups excluding carboxylic acids is 1. The van der Waals surface area contributed by atoms with E-state index in [4.69, 9.17) is 0 Å². The van der Waals surface area contributed by atoms with Crippen molar-refractivity contribution in [3.8, 4) is 0 Å². The number of nitrogens with one attached hydrogen (secondary N) is 1. The minimum Gasteiger partial charge on any atom is -0.481 e. The van der Waals surface area contributed by atoms with Gasteiger partial charge in [0.25, 0.3) is 5.91 Å². The molecule has 0 radical (unpaired) electrons. The number of aromatic nitrogens is 3. The largest absolute Gasteiger partial charge is 0.481 e. The molecule has 26 heavy (non-hydrogen) atoms. The number of nitrogens with zero attached hydrogens (tertiary/aromatic N) is 3. The second-order valence-corrected chi connectivity index (χ2v) is 7.45. The van der Waals surface area contributed by atoms with Crippen LogP contribution in [0.2, 0.25) is 0 Å². The Morgan fingerprint density at radius 1 is 1.35 bits per heavy atom. The van der Waals surface area contributed by atoms with Crippen molar-refractivity contribution >= 4 is 22.9 Å². The first kappa shape index (κ1) is 18.3. The van der Waals surface area contributed by atoms with Crippen LogP contribution in [0.25, 0.3) is 11.0 Å². The molecule has 0 unspecified atom stereocenters. The number of carboxylic acid groups (broad SMARTS) is 1. The molecular weight excluding hydrogens is 336 g/mol. The molecule has 2 atom stereocenters. The summed E-state index contributed by atoms with van der Waals surface area (Å²) in [5.41, 5.74) is 0.353. The monoisotopic (exact) mass is 360 g/mol. The zero-order valence-electron chi connectivity index (χ0n) is 15.0. The number of fused-ring (bicyclic) bond motifs is 1. The Bertz CT molecular complexity index is 818. The molecule has 8 heteroatoms. The third kappa shape index (κ3) is 3.29. The maximum absolute atomic E-state index is 12.9. The molecule has 1 amide bonds. The van der Waals surface area contributed by atoms with E-state index in [9.17, 15) is 19.8 Å². The highest BCUT2D eigenvalue weighted by Gasteiger charge is 2.49. The molecule has 1 aliphatic rings. The van der Waals surface area contributed by atoms with Gasteiger partial charge in [-0.15, -0.1) is 0 Å². The molecule has 140 valence electrons. The number of likely N-dealkylation sites (tertiary alicyclic amines) is 1. The summed E-state index contributed by atoms with van der Waals surface area (Å²) in [6.07, 6.45) is 0.312. The van der Waals surface area contributed by atoms with Crippen LogP contribution >= 0.6 is 0 Å². The van der Waals surface area contributed by atoms with E-state index in [1.807, 2.05) is 13.8 Å². The third-order valence-electron chi connectivity index (χ3n) is 5.23. The number of hydrogen-bond acceptors (Lipinski definition) is 5. The summed E-state index contributed by atoms with van der Waals surface area (Å²) in [5.74, 6) is -0.980. The SMILES string of the molecule is CC(C)CC[C@@]1(C(=O)O)CN(C(=O)c2ccc3n[nH]nc3c2)CC[C@H]1O. The molecule has 1 saturated heterocycles. The molecule has 1 aliphatic heterocycles. The highest BCUT2D eigenvalue weighted by atomic mass is 16.4. The molecule has 2 heterocycles. The second-order valence-electron chi connectivity index (χ2n) is 7.45. The van der Waals surface area contributed by atoms with Crippen LogP contribution in [0.1, 0.15) is 43.5 Å². The van der Waals surface area contributed by atoms with Gasteiger partial charge < -0.3 is 15.1 Å². The molecule has 3 N–H and O–H groups in total. The summed E-state index contributed by atoms with van der Waals surface area (Å²) in [4.78, 5) is 26.5. The fourth-order valence-corrected chi connectivity index (χ4v) is 3.52. The van der Waals surface area contributed by atoms with E-state index in [-0.39, 0.29) is 18.9 Å². The Morgan fingerprint density at radius 3 is 2.77 bits per heavy atom. The lowest BCUT2D eigenvalue weighted by molar-refractivity contribution is -0.163. The predicted octanol–water partition coefficient (Wildman–Crippen LogP) is 1.67. The maximum Gasteiger partial charge on any atom is 0.314 e. The number of H-pyrrole nitrogens is 1. The molecule has 0 spiro atoms. The predicted molar refractivity (Wildman–Crippen MR) is 94.6 cm³/mol. The zero-order valence-corrected chi connectivity index (χ0v) is 15.0. The molecule has 1 aromatic carbocycles. The van der Waals surface area contributed by atoms with E-state index < -0.39 is 17.5 Å². The van der Waals surface area contributed by atoms with Crippen LogP contribution in [0.5, 0.6) is 0 Å². The lowest BCUT2D eigenvalue weighted by Crippen LogP contribution is -2.57. The number of carbonyl (C=O) groups is 2. The molecule has 2 aromatic rings. The van der Waals surface area contributed by atoms with Crippen LogP contribution in [-0.2, 0) is 4.79 Å². The van der Waals surface area contributed by atoms with Crippen molar-refractivity contribution in [2.75, 3.05) is 13.1 Å². The fourth-order valence-electron chi connectivity index (χ4n) is 3.52. The summed E-state index contributed by atoms with van der Waals surface area (Å²) in [7, 11) is 0. The van der Waals surface area contributed by atoms with Gasteiger partial charge in [0.15, 0.2) is 0 Å². The van der Waals surface area contributed by atoms with Crippen LogP contribution in [0.15, 0.2) is 18.2 Å². The van der Waals surface area contributed by atoms with Crippen LogP contribution in [0, 0.1) is 11.3 Å². The lowest BCUT2D eigenvalue weighted by atomic mass is 9.72.